The minimum Gasteiger partial charge on any atom is -0.457 e. The van der Waals surface area contributed by atoms with Crippen LogP contribution < -0.4 is 10.1 Å². The standard InChI is InChI=1S/C30H27FN8O2/c1-3-27(40)39-18-5-4-6-24(39)20(13-18)21-7-8-23-29(36-21)30(34-15-32-23)37-22-9-10-25(17(2)28(22)31)41-19-11-12-38-26(14-19)33-16-35-38/h3,7-12,14-16,18,20,24H,1,4-6,13H2,2H3,(H,32,34,37)/t18-,20-,24+/m1/s1. The first-order chi connectivity index (χ1) is 20.0. The van der Waals surface area contributed by atoms with Gasteiger partial charge in [-0.25, -0.2) is 28.8 Å². The van der Waals surface area contributed by atoms with Gasteiger partial charge in [0, 0.05) is 41.5 Å². The fourth-order valence-corrected chi connectivity index (χ4v) is 6.20. The number of nitrogens with one attached hydrogen (secondary N) is 1. The molecule has 0 saturated carbocycles. The van der Waals surface area contributed by atoms with Gasteiger partial charge in [-0.1, -0.05) is 6.58 Å². The second-order valence-corrected chi connectivity index (χ2v) is 10.5. The molecule has 2 bridgehead atoms. The summed E-state index contributed by atoms with van der Waals surface area (Å²) in [4.78, 5) is 32.5. The smallest absolute Gasteiger partial charge is 0.246 e. The van der Waals surface area contributed by atoms with Crippen LogP contribution in [0.15, 0.2) is 67.9 Å². The zero-order valence-corrected chi connectivity index (χ0v) is 22.4. The molecule has 11 heteroatoms. The molecule has 2 aliphatic heterocycles. The van der Waals surface area contributed by atoms with Gasteiger partial charge in [0.15, 0.2) is 17.3 Å². The average molecular weight is 551 g/mol. The first-order valence-corrected chi connectivity index (χ1v) is 13.6. The molecule has 6 heterocycles. The lowest BCUT2D eigenvalue weighted by Crippen LogP contribution is -2.44. The molecule has 0 aliphatic carbocycles. The van der Waals surface area contributed by atoms with E-state index in [9.17, 15) is 4.79 Å². The van der Waals surface area contributed by atoms with Crippen molar-refractivity contribution in [3.8, 4) is 11.5 Å². The molecular formula is C30H27FN8O2. The van der Waals surface area contributed by atoms with Crippen LogP contribution in [0.1, 0.15) is 42.9 Å². The lowest BCUT2D eigenvalue weighted by Gasteiger charge is -2.35. The molecule has 0 spiro atoms. The first-order valence-electron chi connectivity index (χ1n) is 13.6. The number of hydrogen-bond donors (Lipinski definition) is 1. The number of benzene rings is 1. The van der Waals surface area contributed by atoms with Crippen molar-refractivity contribution in [3.63, 3.8) is 0 Å². The molecule has 1 amide bonds. The monoisotopic (exact) mass is 550 g/mol. The Morgan fingerprint density at radius 3 is 2.93 bits per heavy atom. The lowest BCUT2D eigenvalue weighted by molar-refractivity contribution is -0.130. The van der Waals surface area contributed by atoms with E-state index in [2.05, 4.69) is 31.9 Å². The van der Waals surface area contributed by atoms with Gasteiger partial charge in [-0.05, 0) is 69.0 Å². The normalized spacial score (nSPS) is 20.0. The molecule has 10 nitrogen and oxygen atoms in total. The Labute approximate surface area is 234 Å². The van der Waals surface area contributed by atoms with E-state index in [-0.39, 0.29) is 29.6 Å². The number of carbonyl (C=O) groups is 1. The van der Waals surface area contributed by atoms with E-state index in [0.717, 1.165) is 31.4 Å². The van der Waals surface area contributed by atoms with Crippen molar-refractivity contribution in [3.05, 3.63) is 85.0 Å². The SMILES string of the molecule is C=CC(=O)N1[C@@H]2CCC[C@H]1[C@@H](c1ccc3ncnc(Nc4ccc(Oc5ccn6ncnc6c5)c(C)c4F)c3n1)C2. The summed E-state index contributed by atoms with van der Waals surface area (Å²) in [5, 5.41) is 7.20. The summed E-state index contributed by atoms with van der Waals surface area (Å²) in [6.07, 6.45) is 9.89. The lowest BCUT2D eigenvalue weighted by atomic mass is 9.93. The molecule has 3 atom stereocenters. The quantitative estimate of drug-likeness (QED) is 0.277. The van der Waals surface area contributed by atoms with Gasteiger partial charge in [-0.15, -0.1) is 0 Å². The van der Waals surface area contributed by atoms with Gasteiger partial charge >= 0.3 is 0 Å². The molecule has 0 radical (unpaired) electrons. The number of rotatable bonds is 6. The highest BCUT2D eigenvalue weighted by molar-refractivity contribution is 5.89. The van der Waals surface area contributed by atoms with Crippen LogP contribution in [0.4, 0.5) is 15.9 Å². The van der Waals surface area contributed by atoms with E-state index >= 15 is 4.39 Å². The Morgan fingerprint density at radius 2 is 2.05 bits per heavy atom. The number of carbonyl (C=O) groups excluding carboxylic acids is 1. The summed E-state index contributed by atoms with van der Waals surface area (Å²) in [7, 11) is 0. The Balaban J connectivity index is 1.18. The van der Waals surface area contributed by atoms with Gasteiger partial charge in [0.05, 0.1) is 11.2 Å². The van der Waals surface area contributed by atoms with Crippen molar-refractivity contribution >= 4 is 34.1 Å². The summed E-state index contributed by atoms with van der Waals surface area (Å²) in [6, 6.07) is 11.0. The highest BCUT2D eigenvalue weighted by Gasteiger charge is 2.46. The number of halogens is 1. The number of anilines is 2. The van der Waals surface area contributed by atoms with E-state index in [1.54, 1.807) is 41.9 Å². The number of ether oxygens (including phenoxy) is 1. The van der Waals surface area contributed by atoms with Gasteiger partial charge < -0.3 is 15.0 Å². The van der Waals surface area contributed by atoms with Gasteiger partial charge in [-0.2, -0.15) is 5.10 Å². The number of fused-ring (bicyclic) bond motifs is 4. The summed E-state index contributed by atoms with van der Waals surface area (Å²) < 4.78 is 23.2. The zero-order chi connectivity index (χ0) is 28.1. The molecule has 1 N–H and O–H groups in total. The number of pyridine rings is 2. The van der Waals surface area contributed by atoms with E-state index in [1.165, 1.54) is 18.7 Å². The van der Waals surface area contributed by atoms with Crippen molar-refractivity contribution in [1.82, 2.24) is 34.4 Å². The second-order valence-electron chi connectivity index (χ2n) is 10.5. The number of aromatic nitrogens is 6. The summed E-state index contributed by atoms with van der Waals surface area (Å²) in [5.74, 6) is 0.938. The van der Waals surface area contributed by atoms with Gasteiger partial charge in [0.1, 0.15) is 29.7 Å². The number of nitrogens with zero attached hydrogens (tertiary/aromatic N) is 7. The number of amides is 1. The fourth-order valence-electron chi connectivity index (χ4n) is 6.20. The van der Waals surface area contributed by atoms with Gasteiger partial charge in [0.2, 0.25) is 5.91 Å². The third kappa shape index (κ3) is 4.33. The second kappa shape index (κ2) is 9.92. The van der Waals surface area contributed by atoms with Crippen LogP contribution in [0, 0.1) is 12.7 Å². The molecule has 5 aromatic rings. The van der Waals surface area contributed by atoms with Crippen LogP contribution in [0.3, 0.4) is 0 Å². The fraction of sp³-hybridized carbons (Fsp3) is 0.267. The van der Waals surface area contributed by atoms with Crippen LogP contribution in [0.5, 0.6) is 11.5 Å². The van der Waals surface area contributed by atoms with Crippen molar-refractivity contribution in [2.45, 2.75) is 50.6 Å². The Morgan fingerprint density at radius 1 is 1.15 bits per heavy atom. The third-order valence-electron chi connectivity index (χ3n) is 8.16. The summed E-state index contributed by atoms with van der Waals surface area (Å²) >= 11 is 0. The van der Waals surface area contributed by atoms with Crippen LogP contribution in [0.25, 0.3) is 16.7 Å². The molecule has 2 aliphatic rings. The van der Waals surface area contributed by atoms with Crippen molar-refractivity contribution < 1.29 is 13.9 Å². The topological polar surface area (TPSA) is 110 Å². The maximum Gasteiger partial charge on any atom is 0.246 e. The molecular weight excluding hydrogens is 523 g/mol. The highest BCUT2D eigenvalue weighted by Crippen LogP contribution is 2.45. The first kappa shape index (κ1) is 25.1. The Bertz CT molecular complexity index is 1820. The molecule has 4 aromatic heterocycles. The number of hydrogen-bond acceptors (Lipinski definition) is 8. The molecule has 2 saturated heterocycles. The molecule has 7 rings (SSSR count). The molecule has 0 unspecified atom stereocenters. The van der Waals surface area contributed by atoms with Gasteiger partial charge in [0.25, 0.3) is 0 Å². The molecule has 206 valence electrons. The van der Waals surface area contributed by atoms with Crippen molar-refractivity contribution in [2.75, 3.05) is 5.32 Å². The maximum absolute atomic E-state index is 15.6. The zero-order valence-electron chi connectivity index (χ0n) is 22.4. The van der Waals surface area contributed by atoms with Crippen LogP contribution >= 0.6 is 0 Å². The van der Waals surface area contributed by atoms with E-state index in [4.69, 9.17) is 9.72 Å². The van der Waals surface area contributed by atoms with E-state index < -0.39 is 5.82 Å². The van der Waals surface area contributed by atoms with Crippen LogP contribution in [0.2, 0.25) is 0 Å². The van der Waals surface area contributed by atoms with Crippen molar-refractivity contribution in [1.29, 1.82) is 0 Å². The highest BCUT2D eigenvalue weighted by atomic mass is 19.1. The third-order valence-corrected chi connectivity index (χ3v) is 8.16. The van der Waals surface area contributed by atoms with Crippen molar-refractivity contribution in [2.24, 2.45) is 0 Å². The maximum atomic E-state index is 15.6. The van der Waals surface area contributed by atoms with E-state index in [0.29, 0.717) is 39.6 Å². The Hall–Kier alpha value is -4.93. The Kier molecular flexibility index (Phi) is 6.06. The minimum atomic E-state index is -0.461. The largest absolute Gasteiger partial charge is 0.457 e. The summed E-state index contributed by atoms with van der Waals surface area (Å²) in [5.41, 5.74) is 3.29. The molecule has 1 aromatic carbocycles. The average Bonchev–Trinajstić information content (AvgIpc) is 3.55. The minimum absolute atomic E-state index is 0.0222. The molecule has 2 fully saturated rings. The summed E-state index contributed by atoms with van der Waals surface area (Å²) in [6.45, 7) is 5.36. The predicted octanol–water partition coefficient (Wildman–Crippen LogP) is 5.47. The predicted molar refractivity (Wildman–Crippen MR) is 151 cm³/mol. The number of piperidine rings is 1. The molecule has 41 heavy (non-hydrogen) atoms. The van der Waals surface area contributed by atoms with Crippen LogP contribution in [-0.4, -0.2) is 52.4 Å². The van der Waals surface area contributed by atoms with Gasteiger partial charge in [-0.3, -0.25) is 4.79 Å². The van der Waals surface area contributed by atoms with E-state index in [1.807, 2.05) is 17.0 Å². The van der Waals surface area contributed by atoms with Crippen LogP contribution in [-0.2, 0) is 4.79 Å².